The monoisotopic (exact) mass is 474 g/mol. The van der Waals surface area contributed by atoms with E-state index in [1.807, 2.05) is 32.9 Å². The molecule has 0 unspecified atom stereocenters. The topological polar surface area (TPSA) is 84.9 Å². The number of nitrogens with zero attached hydrogens (tertiary/aromatic N) is 1. The minimum atomic E-state index is -3.96. The number of rotatable bonds is 6. The Balaban J connectivity index is 2.06. The van der Waals surface area contributed by atoms with Crippen LogP contribution in [-0.4, -0.2) is 40.1 Å². The number of amides is 1. The van der Waals surface area contributed by atoms with Crippen molar-refractivity contribution < 1.29 is 22.7 Å². The zero-order valence-electron chi connectivity index (χ0n) is 20.4. The fourth-order valence-electron chi connectivity index (χ4n) is 3.44. The van der Waals surface area contributed by atoms with E-state index >= 15 is 0 Å². The number of hydrogen-bond acceptors (Lipinski definition) is 5. The molecule has 0 aromatic heterocycles. The van der Waals surface area contributed by atoms with Gasteiger partial charge in [0.15, 0.2) is 6.10 Å². The van der Waals surface area contributed by atoms with Crippen LogP contribution in [0.25, 0.3) is 0 Å². The van der Waals surface area contributed by atoms with Crippen molar-refractivity contribution in [2.24, 2.45) is 5.92 Å². The highest BCUT2D eigenvalue weighted by atomic mass is 32.2. The predicted molar refractivity (Wildman–Crippen MR) is 130 cm³/mol. The summed E-state index contributed by atoms with van der Waals surface area (Å²) in [6.45, 7) is 12.0. The lowest BCUT2D eigenvalue weighted by Gasteiger charge is -2.36. The summed E-state index contributed by atoms with van der Waals surface area (Å²) in [6.07, 6.45) is -0.966. The maximum atomic E-state index is 13.7. The molecule has 8 heteroatoms. The molecule has 1 aliphatic rings. The van der Waals surface area contributed by atoms with Gasteiger partial charge in [-0.2, -0.15) is 0 Å². The van der Waals surface area contributed by atoms with Gasteiger partial charge in [0.05, 0.1) is 24.2 Å². The van der Waals surface area contributed by atoms with Gasteiger partial charge in [0.25, 0.3) is 15.9 Å². The number of fused-ring (bicyclic) bond motifs is 1. The fraction of sp³-hybridized carbons (Fsp3) is 0.480. The van der Waals surface area contributed by atoms with Gasteiger partial charge in [-0.1, -0.05) is 40.7 Å². The van der Waals surface area contributed by atoms with Gasteiger partial charge in [0, 0.05) is 6.04 Å². The molecular weight excluding hydrogens is 440 g/mol. The first-order chi connectivity index (χ1) is 15.3. The zero-order valence-corrected chi connectivity index (χ0v) is 21.2. The lowest BCUT2D eigenvalue weighted by atomic mass is 9.86. The molecule has 1 N–H and O–H groups in total. The van der Waals surface area contributed by atoms with Crippen LogP contribution in [0.1, 0.15) is 47.1 Å². The molecule has 2 aromatic rings. The van der Waals surface area contributed by atoms with Gasteiger partial charge in [0.1, 0.15) is 11.5 Å². The number of anilines is 1. The number of carbonyl (C=O) groups is 1. The molecule has 33 heavy (non-hydrogen) atoms. The second-order valence-corrected chi connectivity index (χ2v) is 11.7. The van der Waals surface area contributed by atoms with Gasteiger partial charge in [-0.05, 0) is 60.2 Å². The number of carbonyl (C=O) groups excluding carboxylic acids is 1. The molecule has 7 nitrogen and oxygen atoms in total. The molecule has 0 bridgehead atoms. The summed E-state index contributed by atoms with van der Waals surface area (Å²) in [5.41, 5.74) is 1.21. The van der Waals surface area contributed by atoms with Gasteiger partial charge in [-0.15, -0.1) is 0 Å². The highest BCUT2D eigenvalue weighted by Crippen LogP contribution is 2.40. The molecule has 1 amide bonds. The Labute approximate surface area is 197 Å². The maximum absolute atomic E-state index is 13.7. The number of hydrogen-bond donors (Lipinski definition) is 1. The summed E-state index contributed by atoms with van der Waals surface area (Å²) in [7, 11) is -2.43. The largest absolute Gasteiger partial charge is 0.497 e. The molecule has 2 aromatic carbocycles. The molecule has 0 aliphatic carbocycles. The Hall–Kier alpha value is -2.74. The molecule has 3 rings (SSSR count). The van der Waals surface area contributed by atoms with E-state index in [0.29, 0.717) is 17.2 Å². The molecule has 2 atom stereocenters. The predicted octanol–water partition coefficient (Wildman–Crippen LogP) is 4.11. The third-order valence-electron chi connectivity index (χ3n) is 6.00. The average Bonchev–Trinajstić information content (AvgIpc) is 2.77. The summed E-state index contributed by atoms with van der Waals surface area (Å²) in [4.78, 5) is 13.1. The Bertz CT molecular complexity index is 1100. The smallest absolute Gasteiger partial charge is 0.264 e. The molecule has 1 aliphatic heterocycles. The fourth-order valence-corrected chi connectivity index (χ4v) is 4.91. The van der Waals surface area contributed by atoms with E-state index in [-0.39, 0.29) is 34.7 Å². The van der Waals surface area contributed by atoms with Crippen LogP contribution in [-0.2, 0) is 20.2 Å². The quantitative estimate of drug-likeness (QED) is 0.681. The molecule has 0 spiro atoms. The third-order valence-corrected chi connectivity index (χ3v) is 7.80. The van der Waals surface area contributed by atoms with E-state index in [1.54, 1.807) is 18.2 Å². The summed E-state index contributed by atoms with van der Waals surface area (Å²) >= 11 is 0. The van der Waals surface area contributed by atoms with Gasteiger partial charge < -0.3 is 14.8 Å². The van der Waals surface area contributed by atoms with Crippen molar-refractivity contribution in [1.29, 1.82) is 0 Å². The van der Waals surface area contributed by atoms with Crippen LogP contribution in [0.4, 0.5) is 5.69 Å². The summed E-state index contributed by atoms with van der Waals surface area (Å²) < 4.78 is 39.9. The van der Waals surface area contributed by atoms with Crippen LogP contribution >= 0.6 is 0 Å². The van der Waals surface area contributed by atoms with Gasteiger partial charge in [-0.3, -0.25) is 9.10 Å². The molecule has 180 valence electrons. The Morgan fingerprint density at radius 1 is 1.12 bits per heavy atom. The van der Waals surface area contributed by atoms with Crippen molar-refractivity contribution >= 4 is 21.6 Å². The SMILES string of the molecule is COc1ccc(S(=O)(=O)N2C[C@@H](C(=O)N[C@@H](C)C(C)C)Oc3ccc(C(C)(C)C)cc32)cc1. The van der Waals surface area contributed by atoms with Gasteiger partial charge in [0.2, 0.25) is 0 Å². The van der Waals surface area contributed by atoms with Crippen LogP contribution in [0.5, 0.6) is 11.5 Å². The van der Waals surface area contributed by atoms with E-state index in [2.05, 4.69) is 26.1 Å². The van der Waals surface area contributed by atoms with E-state index < -0.39 is 16.1 Å². The minimum Gasteiger partial charge on any atom is -0.497 e. The van der Waals surface area contributed by atoms with Crippen LogP contribution in [0.3, 0.4) is 0 Å². The van der Waals surface area contributed by atoms with Gasteiger partial charge in [-0.25, -0.2) is 8.42 Å². The first-order valence-corrected chi connectivity index (χ1v) is 12.6. The zero-order chi connectivity index (χ0) is 24.6. The second-order valence-electron chi connectivity index (χ2n) is 9.79. The van der Waals surface area contributed by atoms with E-state index in [0.717, 1.165) is 5.56 Å². The molecule has 0 radical (unpaired) electrons. The van der Waals surface area contributed by atoms with E-state index in [1.165, 1.54) is 23.5 Å². The van der Waals surface area contributed by atoms with Crippen LogP contribution in [0.15, 0.2) is 47.4 Å². The van der Waals surface area contributed by atoms with Crippen molar-refractivity contribution in [3.05, 3.63) is 48.0 Å². The standard InChI is InChI=1S/C25H34N2O5S/c1-16(2)17(3)26-24(28)23-15-27(33(29,30)20-11-9-19(31-7)10-12-20)21-14-18(25(4,5)6)8-13-22(21)32-23/h8-14,16-17,23H,15H2,1-7H3,(H,26,28)/t17-,23-/m0/s1. The van der Waals surface area contributed by atoms with Crippen molar-refractivity contribution in [3.63, 3.8) is 0 Å². The van der Waals surface area contributed by atoms with Crippen LogP contribution in [0, 0.1) is 5.92 Å². The third kappa shape index (κ3) is 5.27. The van der Waals surface area contributed by atoms with Crippen molar-refractivity contribution in [2.75, 3.05) is 18.0 Å². The first-order valence-electron chi connectivity index (χ1n) is 11.1. The van der Waals surface area contributed by atoms with Gasteiger partial charge >= 0.3 is 0 Å². The van der Waals surface area contributed by atoms with Crippen molar-refractivity contribution in [1.82, 2.24) is 5.32 Å². The van der Waals surface area contributed by atoms with E-state index in [4.69, 9.17) is 9.47 Å². The van der Waals surface area contributed by atoms with Crippen LogP contribution < -0.4 is 19.1 Å². The number of nitrogens with one attached hydrogen (secondary N) is 1. The molecule has 0 saturated heterocycles. The van der Waals surface area contributed by atoms with Crippen LogP contribution in [0.2, 0.25) is 0 Å². The summed E-state index contributed by atoms with van der Waals surface area (Å²) in [6, 6.07) is 11.6. The summed E-state index contributed by atoms with van der Waals surface area (Å²) in [5, 5.41) is 2.94. The Kier molecular flexibility index (Phi) is 6.98. The maximum Gasteiger partial charge on any atom is 0.264 e. The number of ether oxygens (including phenoxy) is 2. The number of benzene rings is 2. The molecule has 1 heterocycles. The Morgan fingerprint density at radius 3 is 2.30 bits per heavy atom. The average molecular weight is 475 g/mol. The highest BCUT2D eigenvalue weighted by Gasteiger charge is 2.38. The number of methoxy groups -OCH3 is 1. The number of sulfonamides is 1. The van der Waals surface area contributed by atoms with E-state index in [9.17, 15) is 13.2 Å². The second kappa shape index (κ2) is 9.25. The normalized spacial score (nSPS) is 17.2. The minimum absolute atomic E-state index is 0.0718. The molecular formula is C25H34N2O5S. The highest BCUT2D eigenvalue weighted by molar-refractivity contribution is 7.92. The summed E-state index contributed by atoms with van der Waals surface area (Å²) in [5.74, 6) is 0.824. The lowest BCUT2D eigenvalue weighted by molar-refractivity contribution is -0.128. The molecule has 0 fully saturated rings. The van der Waals surface area contributed by atoms with Crippen molar-refractivity contribution in [2.45, 2.75) is 64.0 Å². The van der Waals surface area contributed by atoms with Crippen molar-refractivity contribution in [3.8, 4) is 11.5 Å². The Morgan fingerprint density at radius 2 is 1.76 bits per heavy atom. The molecule has 0 saturated carbocycles. The lowest BCUT2D eigenvalue weighted by Crippen LogP contribution is -2.52. The first kappa shape index (κ1) is 24.9.